The molecule has 20 heavy (non-hydrogen) atoms. The van der Waals surface area contributed by atoms with Gasteiger partial charge in [0.2, 0.25) is 0 Å². The SMILES string of the molecule is CC1CCCC(CCN2CC(C)(C)NCC2C(C)C)C1. The molecule has 0 aromatic heterocycles. The predicted molar refractivity (Wildman–Crippen MR) is 88.0 cm³/mol. The standard InChI is InChI=1S/C18H36N2/c1-14(2)17-12-19-18(4,5)13-20(17)10-9-16-8-6-7-15(3)11-16/h14-17,19H,6-13H2,1-5H3. The van der Waals surface area contributed by atoms with Gasteiger partial charge in [0.1, 0.15) is 0 Å². The lowest BCUT2D eigenvalue weighted by Gasteiger charge is -2.47. The zero-order valence-electron chi connectivity index (χ0n) is 14.4. The Labute approximate surface area is 126 Å². The van der Waals surface area contributed by atoms with Crippen LogP contribution in [0.3, 0.4) is 0 Å². The minimum Gasteiger partial charge on any atom is -0.309 e. The maximum Gasteiger partial charge on any atom is 0.0252 e. The van der Waals surface area contributed by atoms with Crippen LogP contribution >= 0.6 is 0 Å². The van der Waals surface area contributed by atoms with Crippen molar-refractivity contribution in [2.75, 3.05) is 19.6 Å². The van der Waals surface area contributed by atoms with Crippen molar-refractivity contribution in [3.63, 3.8) is 0 Å². The monoisotopic (exact) mass is 280 g/mol. The van der Waals surface area contributed by atoms with Gasteiger partial charge in [0.25, 0.3) is 0 Å². The maximum absolute atomic E-state index is 3.72. The minimum atomic E-state index is 0.283. The number of nitrogens with one attached hydrogen (secondary N) is 1. The normalized spacial score (nSPS) is 35.4. The molecule has 3 unspecified atom stereocenters. The predicted octanol–water partition coefficient (Wildman–Crippen LogP) is 3.91. The summed E-state index contributed by atoms with van der Waals surface area (Å²) in [5.74, 6) is 2.71. The number of hydrogen-bond donors (Lipinski definition) is 1. The minimum absolute atomic E-state index is 0.283. The summed E-state index contributed by atoms with van der Waals surface area (Å²) < 4.78 is 0. The van der Waals surface area contributed by atoms with Crippen LogP contribution in [0.2, 0.25) is 0 Å². The van der Waals surface area contributed by atoms with E-state index in [1.807, 2.05) is 0 Å². The molecule has 118 valence electrons. The molecule has 2 fully saturated rings. The Morgan fingerprint density at radius 1 is 1.25 bits per heavy atom. The second kappa shape index (κ2) is 6.79. The highest BCUT2D eigenvalue weighted by atomic mass is 15.2. The fourth-order valence-corrected chi connectivity index (χ4v) is 4.26. The summed E-state index contributed by atoms with van der Waals surface area (Å²) in [7, 11) is 0. The van der Waals surface area contributed by atoms with Gasteiger partial charge in [0.15, 0.2) is 0 Å². The molecule has 2 rings (SSSR count). The van der Waals surface area contributed by atoms with Crippen molar-refractivity contribution in [1.29, 1.82) is 0 Å². The molecule has 0 aromatic rings. The topological polar surface area (TPSA) is 15.3 Å². The van der Waals surface area contributed by atoms with Crippen molar-refractivity contribution in [2.45, 2.75) is 78.3 Å². The number of nitrogens with zero attached hydrogens (tertiary/aromatic N) is 1. The molecule has 1 N–H and O–H groups in total. The van der Waals surface area contributed by atoms with E-state index in [0.717, 1.165) is 30.3 Å². The van der Waals surface area contributed by atoms with Gasteiger partial charge in [-0.05, 0) is 51.0 Å². The molecule has 2 aliphatic rings. The third-order valence-electron chi connectivity index (χ3n) is 5.50. The lowest BCUT2D eigenvalue weighted by atomic mass is 9.80. The fraction of sp³-hybridized carbons (Fsp3) is 1.00. The Morgan fingerprint density at radius 2 is 2.00 bits per heavy atom. The smallest absolute Gasteiger partial charge is 0.0252 e. The Kier molecular flexibility index (Phi) is 5.53. The molecule has 1 saturated heterocycles. The van der Waals surface area contributed by atoms with Crippen LogP contribution < -0.4 is 5.32 Å². The molecule has 1 aliphatic heterocycles. The van der Waals surface area contributed by atoms with Gasteiger partial charge < -0.3 is 5.32 Å². The molecule has 0 spiro atoms. The van der Waals surface area contributed by atoms with Crippen molar-refractivity contribution in [3.8, 4) is 0 Å². The van der Waals surface area contributed by atoms with Crippen LogP contribution in [-0.2, 0) is 0 Å². The van der Waals surface area contributed by atoms with Crippen LogP contribution in [0.5, 0.6) is 0 Å². The van der Waals surface area contributed by atoms with Gasteiger partial charge in [-0.2, -0.15) is 0 Å². The van der Waals surface area contributed by atoms with Gasteiger partial charge in [-0.1, -0.05) is 40.0 Å². The van der Waals surface area contributed by atoms with E-state index < -0.39 is 0 Å². The lowest BCUT2D eigenvalue weighted by molar-refractivity contribution is 0.0610. The van der Waals surface area contributed by atoms with Gasteiger partial charge in [0.05, 0.1) is 0 Å². The first kappa shape index (κ1) is 16.3. The molecule has 0 aromatic carbocycles. The van der Waals surface area contributed by atoms with E-state index in [-0.39, 0.29) is 5.54 Å². The summed E-state index contributed by atoms with van der Waals surface area (Å²) in [4.78, 5) is 2.78. The van der Waals surface area contributed by atoms with E-state index >= 15 is 0 Å². The van der Waals surface area contributed by atoms with Crippen molar-refractivity contribution in [3.05, 3.63) is 0 Å². The van der Waals surface area contributed by atoms with E-state index in [9.17, 15) is 0 Å². The Balaban J connectivity index is 1.87. The molecule has 2 nitrogen and oxygen atoms in total. The molecule has 0 radical (unpaired) electrons. The zero-order chi connectivity index (χ0) is 14.8. The summed E-state index contributed by atoms with van der Waals surface area (Å²) in [5, 5.41) is 3.72. The van der Waals surface area contributed by atoms with Crippen LogP contribution in [0.25, 0.3) is 0 Å². The van der Waals surface area contributed by atoms with E-state index in [2.05, 4.69) is 44.8 Å². The zero-order valence-corrected chi connectivity index (χ0v) is 14.4. The number of rotatable bonds is 4. The van der Waals surface area contributed by atoms with Crippen LogP contribution in [0, 0.1) is 17.8 Å². The summed E-state index contributed by atoms with van der Waals surface area (Å²) >= 11 is 0. The first-order chi connectivity index (χ1) is 9.37. The summed E-state index contributed by atoms with van der Waals surface area (Å²) in [6.45, 7) is 15.6. The quantitative estimate of drug-likeness (QED) is 0.840. The molecule has 0 amide bonds. The van der Waals surface area contributed by atoms with Gasteiger partial charge >= 0.3 is 0 Å². The summed E-state index contributed by atoms with van der Waals surface area (Å²) in [6.07, 6.45) is 7.30. The van der Waals surface area contributed by atoms with Crippen molar-refractivity contribution in [1.82, 2.24) is 10.2 Å². The number of hydrogen-bond acceptors (Lipinski definition) is 2. The molecule has 0 bridgehead atoms. The van der Waals surface area contributed by atoms with Crippen LogP contribution in [0.15, 0.2) is 0 Å². The third kappa shape index (κ3) is 4.46. The Hall–Kier alpha value is -0.0800. The Morgan fingerprint density at radius 3 is 2.65 bits per heavy atom. The lowest BCUT2D eigenvalue weighted by Crippen LogP contribution is -2.63. The van der Waals surface area contributed by atoms with Crippen LogP contribution in [-0.4, -0.2) is 36.1 Å². The van der Waals surface area contributed by atoms with Crippen molar-refractivity contribution < 1.29 is 0 Å². The third-order valence-corrected chi connectivity index (χ3v) is 5.50. The second-order valence-electron chi connectivity index (χ2n) is 8.47. The van der Waals surface area contributed by atoms with E-state index in [4.69, 9.17) is 0 Å². The summed E-state index contributed by atoms with van der Waals surface area (Å²) in [6, 6.07) is 0.726. The van der Waals surface area contributed by atoms with Gasteiger partial charge in [0, 0.05) is 24.7 Å². The van der Waals surface area contributed by atoms with Crippen LogP contribution in [0.1, 0.15) is 66.7 Å². The van der Waals surface area contributed by atoms with Gasteiger partial charge in [-0.15, -0.1) is 0 Å². The first-order valence-electron chi connectivity index (χ1n) is 8.86. The van der Waals surface area contributed by atoms with Crippen molar-refractivity contribution in [2.24, 2.45) is 17.8 Å². The van der Waals surface area contributed by atoms with E-state index in [1.165, 1.54) is 45.2 Å². The summed E-state index contributed by atoms with van der Waals surface area (Å²) in [5.41, 5.74) is 0.283. The maximum atomic E-state index is 3.72. The largest absolute Gasteiger partial charge is 0.309 e. The molecule has 3 atom stereocenters. The highest BCUT2D eigenvalue weighted by Gasteiger charge is 2.34. The molecule has 1 saturated carbocycles. The first-order valence-corrected chi connectivity index (χ1v) is 8.86. The molecule has 2 heteroatoms. The van der Waals surface area contributed by atoms with Crippen molar-refractivity contribution >= 4 is 0 Å². The fourth-order valence-electron chi connectivity index (χ4n) is 4.26. The molecule has 1 aliphatic carbocycles. The highest BCUT2D eigenvalue weighted by Crippen LogP contribution is 2.31. The van der Waals surface area contributed by atoms with Gasteiger partial charge in [-0.25, -0.2) is 0 Å². The average Bonchev–Trinajstić information content (AvgIpc) is 2.35. The molecule has 1 heterocycles. The highest BCUT2D eigenvalue weighted by molar-refractivity contribution is 4.93. The average molecular weight is 281 g/mol. The molecular formula is C18H36N2. The van der Waals surface area contributed by atoms with Crippen LogP contribution in [0.4, 0.5) is 0 Å². The number of piperazine rings is 1. The van der Waals surface area contributed by atoms with E-state index in [0.29, 0.717) is 0 Å². The van der Waals surface area contributed by atoms with Gasteiger partial charge in [-0.3, -0.25) is 4.90 Å². The van der Waals surface area contributed by atoms with E-state index in [1.54, 1.807) is 0 Å². The molecular weight excluding hydrogens is 244 g/mol. The Bertz CT molecular complexity index is 298. The second-order valence-corrected chi connectivity index (χ2v) is 8.47.